The first-order valence-electron chi connectivity index (χ1n) is 10.4. The maximum absolute atomic E-state index is 12.7. The number of pyridine rings is 2. The number of carboxylic acids is 1. The molecule has 19 heteroatoms. The van der Waals surface area contributed by atoms with Gasteiger partial charge in [-0.05, 0) is 26.0 Å². The number of nitrogens with zero attached hydrogens (tertiary/aromatic N) is 4. The van der Waals surface area contributed by atoms with Gasteiger partial charge in [0.1, 0.15) is 17.7 Å². The number of aliphatic hydroxyl groups is 2. The van der Waals surface area contributed by atoms with Crippen molar-refractivity contribution in [3.05, 3.63) is 47.0 Å². The maximum atomic E-state index is 12.7. The summed E-state index contributed by atoms with van der Waals surface area (Å²) in [5, 5.41) is 45.5. The van der Waals surface area contributed by atoms with Crippen molar-refractivity contribution in [1.29, 1.82) is 10.5 Å². The van der Waals surface area contributed by atoms with Crippen LogP contribution in [0.1, 0.15) is 36.4 Å². The van der Waals surface area contributed by atoms with Gasteiger partial charge < -0.3 is 26.4 Å². The summed E-state index contributed by atoms with van der Waals surface area (Å²) in [6, 6.07) is 3.94. The number of hydrogen-bond acceptors (Lipinski definition) is 9. The van der Waals surface area contributed by atoms with Crippen molar-refractivity contribution < 1.29 is 51.3 Å². The fourth-order valence-electron chi connectivity index (χ4n) is 2.01. The van der Waals surface area contributed by atoms with Crippen molar-refractivity contribution in [2.45, 2.75) is 37.4 Å². The fourth-order valence-corrected chi connectivity index (χ4v) is 2.50. The quantitative estimate of drug-likeness (QED) is 0.223. The van der Waals surface area contributed by atoms with Crippen LogP contribution in [-0.4, -0.2) is 59.0 Å². The molecule has 0 unspecified atom stereocenters. The van der Waals surface area contributed by atoms with Crippen LogP contribution in [0.25, 0.3) is 0 Å². The predicted molar refractivity (Wildman–Crippen MR) is 137 cm³/mol. The number of carbonyl (C=O) groups is 2. The number of rotatable bonds is 5. The minimum atomic E-state index is -4.77. The molecule has 2 atom stereocenters. The van der Waals surface area contributed by atoms with E-state index in [4.69, 9.17) is 26.5 Å². The van der Waals surface area contributed by atoms with Crippen LogP contribution in [0.15, 0.2) is 24.5 Å². The Morgan fingerprint density at radius 2 is 1.32 bits per heavy atom. The summed E-state index contributed by atoms with van der Waals surface area (Å²) in [7, 11) is 0. The van der Waals surface area contributed by atoms with E-state index in [-0.39, 0.29) is 22.0 Å². The van der Waals surface area contributed by atoms with Gasteiger partial charge in [0.25, 0.3) is 5.91 Å². The number of carbonyl (C=O) groups excluding carboxylic acids is 1. The second kappa shape index (κ2) is 14.9. The monoisotopic (exact) mass is 720 g/mol. The van der Waals surface area contributed by atoms with E-state index in [1.165, 1.54) is 26.0 Å². The smallest absolute Gasteiger partial charge is 0.419 e. The minimum Gasteiger partial charge on any atom is -0.479 e. The van der Waals surface area contributed by atoms with Crippen molar-refractivity contribution >= 4 is 55.1 Å². The third-order valence-corrected chi connectivity index (χ3v) is 6.53. The normalized spacial score (nSPS) is 13.8. The van der Waals surface area contributed by atoms with Crippen molar-refractivity contribution in [2.75, 3.05) is 21.7 Å². The van der Waals surface area contributed by atoms with E-state index in [9.17, 15) is 41.0 Å². The lowest BCUT2D eigenvalue weighted by Gasteiger charge is -2.19. The highest BCUT2D eigenvalue weighted by atomic mass is 79.9. The van der Waals surface area contributed by atoms with Gasteiger partial charge in [-0.1, -0.05) is 31.9 Å². The lowest BCUT2D eigenvalue weighted by atomic mass is 10.1. The lowest BCUT2D eigenvalue weighted by molar-refractivity contribution is -0.154. The molecule has 2 aromatic heterocycles. The number of hydrogen-bond donors (Lipinski definition) is 5. The molecule has 0 bridgehead atoms. The second-order valence-electron chi connectivity index (χ2n) is 8.08. The summed E-state index contributed by atoms with van der Waals surface area (Å²) in [5.41, 5.74) is -2.49. The number of aliphatic carboxylic acids is 1. The Kier molecular flexibility index (Phi) is 13.6. The Bertz CT molecular complexity index is 1320. The van der Waals surface area contributed by atoms with Crippen molar-refractivity contribution in [2.24, 2.45) is 0 Å². The van der Waals surface area contributed by atoms with Gasteiger partial charge in [0.15, 0.2) is 17.0 Å². The molecule has 0 aromatic carbocycles. The number of carboxylic acid groups (broad SMARTS) is 1. The number of aromatic nitrogens is 2. The number of nitrogens with two attached hydrogens (primary N) is 1. The van der Waals surface area contributed by atoms with E-state index in [0.717, 1.165) is 12.4 Å². The van der Waals surface area contributed by atoms with Crippen LogP contribution >= 0.6 is 31.9 Å². The highest BCUT2D eigenvalue weighted by molar-refractivity contribution is 9.09. The van der Waals surface area contributed by atoms with Gasteiger partial charge in [0.05, 0.1) is 34.9 Å². The lowest BCUT2D eigenvalue weighted by Crippen LogP contribution is -2.41. The molecule has 11 nitrogen and oxygen atoms in total. The molecule has 0 spiro atoms. The van der Waals surface area contributed by atoms with Crippen molar-refractivity contribution in [1.82, 2.24) is 9.97 Å². The Morgan fingerprint density at radius 3 is 1.66 bits per heavy atom. The number of nitrogen functional groups attached to an aromatic ring is 1. The van der Waals surface area contributed by atoms with Crippen LogP contribution in [0.5, 0.6) is 0 Å². The highest BCUT2D eigenvalue weighted by Crippen LogP contribution is 2.33. The number of amides is 1. The number of halogens is 8. The molecule has 2 rings (SSSR count). The average molecular weight is 722 g/mol. The van der Waals surface area contributed by atoms with E-state index < -0.39 is 57.9 Å². The predicted octanol–water partition coefficient (Wildman–Crippen LogP) is 3.83. The highest BCUT2D eigenvalue weighted by Gasteiger charge is 2.36. The number of nitriles is 2. The summed E-state index contributed by atoms with van der Waals surface area (Å²) in [4.78, 5) is 28.2. The summed E-state index contributed by atoms with van der Waals surface area (Å²) < 4.78 is 74.6. The SMILES string of the molecule is C[C@](O)(CBr)C(=O)Nc1cnc(C#N)c(C(F)(F)F)c1.C[C@](O)(CBr)C(=O)O.N#Cc1ncc(N)cc1C(F)(F)F. The molecule has 0 aliphatic rings. The van der Waals surface area contributed by atoms with Gasteiger partial charge in [-0.15, -0.1) is 0 Å². The van der Waals surface area contributed by atoms with Crippen LogP contribution < -0.4 is 11.1 Å². The van der Waals surface area contributed by atoms with Crippen LogP contribution in [-0.2, 0) is 21.9 Å². The Balaban J connectivity index is 0.000000652. The molecule has 0 radical (unpaired) electrons. The summed E-state index contributed by atoms with van der Waals surface area (Å²) in [6.07, 6.45) is -7.44. The molecule has 0 saturated carbocycles. The van der Waals surface area contributed by atoms with E-state index >= 15 is 0 Å². The Morgan fingerprint density at radius 1 is 0.902 bits per heavy atom. The number of nitrogens with one attached hydrogen (secondary N) is 1. The second-order valence-corrected chi connectivity index (χ2v) is 9.20. The van der Waals surface area contributed by atoms with E-state index in [0.29, 0.717) is 12.1 Å². The standard InChI is InChI=1S/C11H9BrF3N3O2.C7H4F3N3.C4H7BrO3/c1-10(20,5-12)9(19)18-6-2-7(11(13,14)15)8(3-16)17-4-6;8-7(9,10)5-1-4(12)3-13-6(5)2-11;1-4(8,2-5)3(6)7/h2,4,20H,5H2,1H3,(H,18,19);1,3H,12H2;8H,2H2,1H3,(H,6,7)/t10-;;4-/m0.0/s1. The molecule has 2 heterocycles. The molecule has 0 aliphatic carbocycles. The maximum Gasteiger partial charge on any atom is 0.419 e. The first-order chi connectivity index (χ1) is 18.6. The van der Waals surface area contributed by atoms with Gasteiger partial charge in [-0.2, -0.15) is 36.9 Å². The van der Waals surface area contributed by atoms with Crippen molar-refractivity contribution in [3.8, 4) is 12.1 Å². The molecular weight excluding hydrogens is 702 g/mol. The van der Waals surface area contributed by atoms with Crippen LogP contribution in [0, 0.1) is 22.7 Å². The van der Waals surface area contributed by atoms with Gasteiger partial charge in [0, 0.05) is 10.7 Å². The topological polar surface area (TPSA) is 206 Å². The summed E-state index contributed by atoms with van der Waals surface area (Å²) in [5.74, 6) is -2.11. The van der Waals surface area contributed by atoms with E-state index in [1.54, 1.807) is 0 Å². The van der Waals surface area contributed by atoms with Gasteiger partial charge in [-0.25, -0.2) is 14.8 Å². The molecule has 41 heavy (non-hydrogen) atoms. The largest absolute Gasteiger partial charge is 0.479 e. The van der Waals surface area contributed by atoms with E-state index in [2.05, 4.69) is 47.1 Å². The molecule has 1 amide bonds. The van der Waals surface area contributed by atoms with Crippen molar-refractivity contribution in [3.63, 3.8) is 0 Å². The number of alkyl halides is 8. The zero-order valence-corrected chi connectivity index (χ0v) is 23.9. The first kappa shape index (κ1) is 37.5. The third kappa shape index (κ3) is 11.9. The summed E-state index contributed by atoms with van der Waals surface area (Å²) >= 11 is 5.75. The molecular formula is C22H20Br2F6N6O5. The molecule has 0 saturated heterocycles. The molecule has 2 aromatic rings. The minimum absolute atomic E-state index is 0.0509. The summed E-state index contributed by atoms with van der Waals surface area (Å²) in [6.45, 7) is 2.42. The number of anilines is 2. The van der Waals surface area contributed by atoms with Crippen LogP contribution in [0.2, 0.25) is 0 Å². The van der Waals surface area contributed by atoms with Crippen LogP contribution in [0.3, 0.4) is 0 Å². The Hall–Kier alpha value is -3.52. The third-order valence-electron chi connectivity index (χ3n) is 4.35. The van der Waals surface area contributed by atoms with Gasteiger partial charge in [-0.3, -0.25) is 4.79 Å². The Labute approximate surface area is 244 Å². The zero-order valence-electron chi connectivity index (χ0n) is 20.8. The first-order valence-corrected chi connectivity index (χ1v) is 12.6. The zero-order chi connectivity index (χ0) is 32.4. The molecule has 224 valence electrons. The molecule has 6 N–H and O–H groups in total. The van der Waals surface area contributed by atoms with Crippen LogP contribution in [0.4, 0.5) is 37.7 Å². The van der Waals surface area contributed by atoms with E-state index in [1.807, 2.05) is 0 Å². The average Bonchev–Trinajstić information content (AvgIpc) is 2.88. The fraction of sp³-hybridized carbons (Fsp3) is 0.364. The van der Waals surface area contributed by atoms with Gasteiger partial charge in [0.2, 0.25) is 0 Å². The molecule has 0 fully saturated rings. The molecule has 0 aliphatic heterocycles. The van der Waals surface area contributed by atoms with Gasteiger partial charge >= 0.3 is 18.3 Å².